The Hall–Kier alpha value is -2.41. The molecule has 7 heteroatoms. The van der Waals surface area contributed by atoms with Crippen molar-refractivity contribution in [3.05, 3.63) is 64.0 Å². The molecule has 120 valence electrons. The molecule has 0 aliphatic carbocycles. The van der Waals surface area contributed by atoms with Gasteiger partial charge in [-0.3, -0.25) is 14.9 Å². The highest BCUT2D eigenvalue weighted by atomic mass is 32.2. The van der Waals surface area contributed by atoms with Crippen LogP contribution in [-0.2, 0) is 0 Å². The van der Waals surface area contributed by atoms with E-state index in [1.807, 2.05) is 19.1 Å². The molecule has 1 amide bonds. The Morgan fingerprint density at radius 2 is 2.04 bits per heavy atom. The van der Waals surface area contributed by atoms with Crippen LogP contribution in [0.3, 0.4) is 0 Å². The third kappa shape index (κ3) is 4.29. The lowest BCUT2D eigenvalue weighted by Crippen LogP contribution is -2.14. The van der Waals surface area contributed by atoms with Crippen molar-refractivity contribution in [1.29, 1.82) is 0 Å². The number of carbonyl (C=O) groups is 1. The highest BCUT2D eigenvalue weighted by Crippen LogP contribution is 2.26. The van der Waals surface area contributed by atoms with Gasteiger partial charge in [0.15, 0.2) is 0 Å². The number of benzene rings is 2. The molecule has 5 nitrogen and oxygen atoms in total. The van der Waals surface area contributed by atoms with Crippen LogP contribution in [0.4, 0.5) is 15.8 Å². The van der Waals surface area contributed by atoms with Crippen molar-refractivity contribution in [2.75, 3.05) is 11.1 Å². The average Bonchev–Trinajstić information content (AvgIpc) is 2.55. The maximum Gasteiger partial charge on any atom is 0.271 e. The van der Waals surface area contributed by atoms with Gasteiger partial charge in [0.05, 0.1) is 16.2 Å². The number of hydrogen-bond donors (Lipinski definition) is 1. The molecule has 0 bridgehead atoms. The van der Waals surface area contributed by atoms with Crippen molar-refractivity contribution in [2.45, 2.75) is 18.2 Å². The molecule has 2 rings (SSSR count). The van der Waals surface area contributed by atoms with Crippen LogP contribution in [0.1, 0.15) is 23.7 Å². The number of thioether (sulfide) groups is 1. The van der Waals surface area contributed by atoms with Crippen molar-refractivity contribution in [1.82, 2.24) is 0 Å². The number of non-ortho nitro benzene ring substituents is 1. The molecule has 0 aliphatic rings. The van der Waals surface area contributed by atoms with Crippen LogP contribution in [0, 0.1) is 15.9 Å². The third-order valence-corrected chi connectivity index (χ3v) is 4.28. The summed E-state index contributed by atoms with van der Waals surface area (Å²) in [4.78, 5) is 23.3. The fraction of sp³-hybridized carbons (Fsp3) is 0.188. The topological polar surface area (TPSA) is 72.2 Å². The number of nitro groups is 1. The van der Waals surface area contributed by atoms with Crippen molar-refractivity contribution in [2.24, 2.45) is 0 Å². The van der Waals surface area contributed by atoms with E-state index in [-0.39, 0.29) is 11.4 Å². The van der Waals surface area contributed by atoms with Crippen molar-refractivity contribution >= 4 is 29.0 Å². The molecule has 0 aliphatic heterocycles. The second kappa shape index (κ2) is 7.73. The summed E-state index contributed by atoms with van der Waals surface area (Å²) in [5.74, 6) is -0.360. The summed E-state index contributed by atoms with van der Waals surface area (Å²) in [7, 11) is 0. The molecule has 0 aromatic heterocycles. The second-order valence-electron chi connectivity index (χ2n) is 4.72. The highest BCUT2D eigenvalue weighted by molar-refractivity contribution is 7.99. The Kier molecular flexibility index (Phi) is 5.70. The van der Waals surface area contributed by atoms with Gasteiger partial charge in [-0.05, 0) is 30.4 Å². The summed E-state index contributed by atoms with van der Waals surface area (Å²) in [6.07, 6.45) is 0.958. The molecule has 2 aromatic carbocycles. The molecule has 0 saturated heterocycles. The number of rotatable bonds is 6. The lowest BCUT2D eigenvalue weighted by atomic mass is 10.2. The Morgan fingerprint density at radius 1 is 1.30 bits per heavy atom. The van der Waals surface area contributed by atoms with Crippen LogP contribution in [0.15, 0.2) is 47.4 Å². The summed E-state index contributed by atoms with van der Waals surface area (Å²) >= 11 is 1.54. The zero-order chi connectivity index (χ0) is 16.8. The van der Waals surface area contributed by atoms with Gasteiger partial charge in [-0.1, -0.05) is 19.1 Å². The largest absolute Gasteiger partial charge is 0.319 e. The van der Waals surface area contributed by atoms with E-state index in [0.717, 1.165) is 35.3 Å². The van der Waals surface area contributed by atoms with Gasteiger partial charge >= 0.3 is 0 Å². The second-order valence-corrected chi connectivity index (χ2v) is 5.86. The van der Waals surface area contributed by atoms with Crippen LogP contribution in [0.2, 0.25) is 0 Å². The summed E-state index contributed by atoms with van der Waals surface area (Å²) in [6.45, 7) is 2.04. The molecule has 1 N–H and O–H groups in total. The fourth-order valence-corrected chi connectivity index (χ4v) is 2.82. The average molecular weight is 334 g/mol. The molecule has 2 aromatic rings. The molecule has 0 radical (unpaired) electrons. The summed E-state index contributed by atoms with van der Waals surface area (Å²) < 4.78 is 13.8. The minimum Gasteiger partial charge on any atom is -0.319 e. The monoisotopic (exact) mass is 334 g/mol. The maximum atomic E-state index is 13.8. The summed E-state index contributed by atoms with van der Waals surface area (Å²) in [5, 5.41) is 13.2. The first kappa shape index (κ1) is 17.0. The van der Waals surface area contributed by atoms with Crippen molar-refractivity contribution in [3.8, 4) is 0 Å². The zero-order valence-corrected chi connectivity index (χ0v) is 13.2. The van der Waals surface area contributed by atoms with Gasteiger partial charge in [-0.2, -0.15) is 0 Å². The van der Waals surface area contributed by atoms with Gasteiger partial charge < -0.3 is 5.32 Å². The third-order valence-electron chi connectivity index (χ3n) is 3.00. The minimum absolute atomic E-state index is 0.209. The van der Waals surface area contributed by atoms with Crippen molar-refractivity contribution < 1.29 is 14.1 Å². The molecule has 0 saturated carbocycles. The number of anilines is 1. The van der Waals surface area contributed by atoms with Gasteiger partial charge in [0.2, 0.25) is 0 Å². The minimum atomic E-state index is -0.720. The number of halogens is 1. The number of hydrogen-bond acceptors (Lipinski definition) is 4. The molecular weight excluding hydrogens is 319 g/mol. The molecule has 0 unspecified atom stereocenters. The predicted octanol–water partition coefficient (Wildman–Crippen LogP) is 4.49. The van der Waals surface area contributed by atoms with E-state index < -0.39 is 16.6 Å². The van der Waals surface area contributed by atoms with Crippen LogP contribution in [0.25, 0.3) is 0 Å². The van der Waals surface area contributed by atoms with E-state index in [4.69, 9.17) is 0 Å². The van der Waals surface area contributed by atoms with Gasteiger partial charge in [-0.25, -0.2) is 4.39 Å². The number of carbonyl (C=O) groups excluding carboxylic acids is 1. The van der Waals surface area contributed by atoms with Crippen molar-refractivity contribution in [3.63, 3.8) is 0 Å². The van der Waals surface area contributed by atoms with E-state index >= 15 is 0 Å². The highest BCUT2D eigenvalue weighted by Gasteiger charge is 2.16. The number of nitrogens with zero attached hydrogens (tertiary/aromatic N) is 1. The summed E-state index contributed by atoms with van der Waals surface area (Å²) in [5.41, 5.74) is -0.0771. The predicted molar refractivity (Wildman–Crippen MR) is 88.5 cm³/mol. The van der Waals surface area contributed by atoms with Crippen LogP contribution >= 0.6 is 11.8 Å². The number of nitrogens with one attached hydrogen (secondary N) is 1. The van der Waals surface area contributed by atoms with Crippen LogP contribution < -0.4 is 5.32 Å². The van der Waals surface area contributed by atoms with E-state index in [2.05, 4.69) is 5.32 Å². The molecule has 23 heavy (non-hydrogen) atoms. The normalized spacial score (nSPS) is 10.3. The molecule has 0 heterocycles. The lowest BCUT2D eigenvalue weighted by molar-refractivity contribution is -0.384. The van der Waals surface area contributed by atoms with Gasteiger partial charge in [0.1, 0.15) is 5.82 Å². The first-order chi connectivity index (χ1) is 11.0. The lowest BCUT2D eigenvalue weighted by Gasteiger charge is -2.10. The Bertz CT molecular complexity index is 737. The molecule has 0 spiro atoms. The number of nitro benzene ring substituents is 1. The Labute approximate surface area is 137 Å². The SMILES string of the molecule is CCCSc1ccccc1C(=O)Nc1cc([N+](=O)[O-])ccc1F. The van der Waals surface area contributed by atoms with Gasteiger partial charge in [0.25, 0.3) is 11.6 Å². The Balaban J connectivity index is 2.26. The fourth-order valence-electron chi connectivity index (χ4n) is 1.90. The Morgan fingerprint density at radius 3 is 2.74 bits per heavy atom. The zero-order valence-electron chi connectivity index (χ0n) is 12.4. The van der Waals surface area contributed by atoms with E-state index in [9.17, 15) is 19.3 Å². The van der Waals surface area contributed by atoms with E-state index in [0.29, 0.717) is 5.56 Å². The molecule has 0 fully saturated rings. The summed E-state index contributed by atoms with van der Waals surface area (Å²) in [6, 6.07) is 10.0. The molecule has 0 atom stereocenters. The van der Waals surface area contributed by atoms with Gasteiger partial charge in [-0.15, -0.1) is 11.8 Å². The van der Waals surface area contributed by atoms with E-state index in [1.54, 1.807) is 12.1 Å². The smallest absolute Gasteiger partial charge is 0.271 e. The maximum absolute atomic E-state index is 13.8. The van der Waals surface area contributed by atoms with Crippen LogP contribution in [0.5, 0.6) is 0 Å². The van der Waals surface area contributed by atoms with Crippen LogP contribution in [-0.4, -0.2) is 16.6 Å². The first-order valence-corrected chi connectivity index (χ1v) is 7.98. The standard InChI is InChI=1S/C16H15FN2O3S/c1-2-9-23-15-6-4-3-5-12(15)16(20)18-14-10-11(19(21)22)7-8-13(14)17/h3-8,10H,2,9H2,1H3,(H,18,20). The first-order valence-electron chi connectivity index (χ1n) is 7.00. The molecular formula is C16H15FN2O3S. The quantitative estimate of drug-likeness (QED) is 0.480. The van der Waals surface area contributed by atoms with E-state index in [1.165, 1.54) is 11.8 Å². The number of amides is 1. The van der Waals surface area contributed by atoms with Gasteiger partial charge in [0, 0.05) is 17.0 Å².